The van der Waals surface area contributed by atoms with E-state index in [1.54, 1.807) is 0 Å². The van der Waals surface area contributed by atoms with Gasteiger partial charge in [-0.1, -0.05) is 6.92 Å². The van der Waals surface area contributed by atoms with E-state index < -0.39 is 23.5 Å². The summed E-state index contributed by atoms with van der Waals surface area (Å²) in [5.41, 5.74) is 0.0132. The summed E-state index contributed by atoms with van der Waals surface area (Å²) in [6.07, 6.45) is -0.260. The second kappa shape index (κ2) is 4.92. The maximum Gasteiger partial charge on any atom is 0.303 e. The van der Waals surface area contributed by atoms with E-state index >= 15 is 0 Å². The predicted octanol–water partition coefficient (Wildman–Crippen LogP) is 2.55. The van der Waals surface area contributed by atoms with E-state index in [1.807, 2.05) is 0 Å². The molecule has 0 bridgehead atoms. The Bertz CT molecular complexity index is 404. The molecule has 0 aliphatic carbocycles. The fourth-order valence-corrected chi connectivity index (χ4v) is 1.46. The van der Waals surface area contributed by atoms with Gasteiger partial charge >= 0.3 is 5.97 Å². The molecule has 0 aliphatic rings. The molecule has 0 radical (unpaired) electrons. The standard InChI is InChI=1S/C11H12F2O3/c1-6(3-10(14)15)8-4-7(12)5-9(16-2)11(8)13/h4-6H,3H2,1-2H3,(H,14,15). The molecule has 1 unspecified atom stereocenters. The third kappa shape index (κ3) is 2.68. The Labute approximate surface area is 91.7 Å². The van der Waals surface area contributed by atoms with Crippen molar-refractivity contribution in [2.24, 2.45) is 0 Å². The fraction of sp³-hybridized carbons (Fsp3) is 0.364. The van der Waals surface area contributed by atoms with Gasteiger partial charge in [0.15, 0.2) is 11.6 Å². The maximum atomic E-state index is 13.7. The second-order valence-electron chi connectivity index (χ2n) is 3.51. The normalized spacial score (nSPS) is 12.2. The Morgan fingerprint density at radius 2 is 2.12 bits per heavy atom. The molecule has 1 N–H and O–H groups in total. The van der Waals surface area contributed by atoms with Gasteiger partial charge in [0.25, 0.3) is 0 Å². The van der Waals surface area contributed by atoms with Gasteiger partial charge in [0, 0.05) is 6.07 Å². The molecule has 1 atom stereocenters. The van der Waals surface area contributed by atoms with E-state index in [1.165, 1.54) is 14.0 Å². The molecular weight excluding hydrogens is 218 g/mol. The summed E-state index contributed by atoms with van der Waals surface area (Å²) >= 11 is 0. The highest BCUT2D eigenvalue weighted by Crippen LogP contribution is 2.29. The van der Waals surface area contributed by atoms with Crippen LogP contribution in [0.25, 0.3) is 0 Å². The number of hydrogen-bond donors (Lipinski definition) is 1. The van der Waals surface area contributed by atoms with Gasteiger partial charge in [0.05, 0.1) is 13.5 Å². The maximum absolute atomic E-state index is 13.7. The first kappa shape index (κ1) is 12.4. The van der Waals surface area contributed by atoms with Gasteiger partial charge in [-0.25, -0.2) is 8.78 Å². The molecule has 0 amide bonds. The number of ether oxygens (including phenoxy) is 1. The highest BCUT2D eigenvalue weighted by molar-refractivity contribution is 5.68. The zero-order valence-electron chi connectivity index (χ0n) is 8.96. The Morgan fingerprint density at radius 1 is 1.50 bits per heavy atom. The van der Waals surface area contributed by atoms with Crippen LogP contribution in [-0.4, -0.2) is 18.2 Å². The number of rotatable bonds is 4. The minimum Gasteiger partial charge on any atom is -0.494 e. The van der Waals surface area contributed by atoms with Gasteiger partial charge in [0.1, 0.15) is 5.82 Å². The van der Waals surface area contributed by atoms with Gasteiger partial charge in [-0.15, -0.1) is 0 Å². The van der Waals surface area contributed by atoms with Crippen molar-refractivity contribution in [1.82, 2.24) is 0 Å². The second-order valence-corrected chi connectivity index (χ2v) is 3.51. The minimum absolute atomic E-state index is 0.0132. The predicted molar refractivity (Wildman–Crippen MR) is 53.6 cm³/mol. The SMILES string of the molecule is COc1cc(F)cc(C(C)CC(=O)O)c1F. The summed E-state index contributed by atoms with van der Waals surface area (Å²) in [5, 5.41) is 8.58. The fourth-order valence-electron chi connectivity index (χ4n) is 1.46. The number of carbonyl (C=O) groups is 1. The highest BCUT2D eigenvalue weighted by Gasteiger charge is 2.18. The molecule has 88 valence electrons. The lowest BCUT2D eigenvalue weighted by Crippen LogP contribution is -2.06. The third-order valence-corrected chi connectivity index (χ3v) is 2.26. The van der Waals surface area contributed by atoms with Crippen molar-refractivity contribution in [3.05, 3.63) is 29.3 Å². The number of benzene rings is 1. The van der Waals surface area contributed by atoms with Crippen molar-refractivity contribution in [3.63, 3.8) is 0 Å². The zero-order chi connectivity index (χ0) is 12.3. The van der Waals surface area contributed by atoms with Crippen LogP contribution in [0.15, 0.2) is 12.1 Å². The molecule has 1 rings (SSSR count). The minimum atomic E-state index is -1.06. The van der Waals surface area contributed by atoms with Crippen LogP contribution in [0.2, 0.25) is 0 Å². The van der Waals surface area contributed by atoms with E-state index in [0.717, 1.165) is 12.1 Å². The summed E-state index contributed by atoms with van der Waals surface area (Å²) in [5.74, 6) is -3.24. The molecule has 3 nitrogen and oxygen atoms in total. The van der Waals surface area contributed by atoms with E-state index in [9.17, 15) is 13.6 Å². The number of halogens is 2. The Kier molecular flexibility index (Phi) is 3.82. The van der Waals surface area contributed by atoms with E-state index in [4.69, 9.17) is 5.11 Å². The van der Waals surface area contributed by atoms with Gasteiger partial charge in [-0.2, -0.15) is 0 Å². The van der Waals surface area contributed by atoms with Gasteiger partial charge < -0.3 is 9.84 Å². The molecule has 1 aromatic rings. The van der Waals surface area contributed by atoms with E-state index in [2.05, 4.69) is 4.74 Å². The van der Waals surface area contributed by atoms with Crippen molar-refractivity contribution >= 4 is 5.97 Å². The molecule has 0 heterocycles. The van der Waals surface area contributed by atoms with Crippen LogP contribution in [0.4, 0.5) is 8.78 Å². The van der Waals surface area contributed by atoms with Crippen molar-refractivity contribution in [2.75, 3.05) is 7.11 Å². The summed E-state index contributed by atoms with van der Waals surface area (Å²) < 4.78 is 31.4. The number of aliphatic carboxylic acids is 1. The average molecular weight is 230 g/mol. The lowest BCUT2D eigenvalue weighted by atomic mass is 9.97. The first-order valence-electron chi connectivity index (χ1n) is 4.70. The Balaban J connectivity index is 3.12. The van der Waals surface area contributed by atoms with Crippen molar-refractivity contribution in [3.8, 4) is 5.75 Å². The van der Waals surface area contributed by atoms with Crippen LogP contribution in [0.1, 0.15) is 24.8 Å². The number of carboxylic acid groups (broad SMARTS) is 1. The lowest BCUT2D eigenvalue weighted by molar-refractivity contribution is -0.137. The quantitative estimate of drug-likeness (QED) is 0.864. The van der Waals surface area contributed by atoms with Crippen LogP contribution < -0.4 is 4.74 Å². The third-order valence-electron chi connectivity index (χ3n) is 2.26. The van der Waals surface area contributed by atoms with Crippen LogP contribution in [0.3, 0.4) is 0 Å². The smallest absolute Gasteiger partial charge is 0.303 e. The number of methoxy groups -OCH3 is 1. The molecule has 0 fully saturated rings. The summed E-state index contributed by atoms with van der Waals surface area (Å²) in [6.45, 7) is 1.52. The highest BCUT2D eigenvalue weighted by atomic mass is 19.1. The topological polar surface area (TPSA) is 46.5 Å². The lowest BCUT2D eigenvalue weighted by Gasteiger charge is -2.12. The summed E-state index contributed by atoms with van der Waals surface area (Å²) in [7, 11) is 1.23. The van der Waals surface area contributed by atoms with E-state index in [-0.39, 0.29) is 17.7 Å². The van der Waals surface area contributed by atoms with Crippen molar-refractivity contribution in [2.45, 2.75) is 19.3 Å². The van der Waals surface area contributed by atoms with Crippen LogP contribution >= 0.6 is 0 Å². The monoisotopic (exact) mass is 230 g/mol. The molecule has 1 aromatic carbocycles. The largest absolute Gasteiger partial charge is 0.494 e. The van der Waals surface area contributed by atoms with Crippen LogP contribution in [0.5, 0.6) is 5.75 Å². The van der Waals surface area contributed by atoms with Crippen molar-refractivity contribution in [1.29, 1.82) is 0 Å². The first-order chi connectivity index (χ1) is 7.45. The molecule has 0 saturated heterocycles. The molecule has 16 heavy (non-hydrogen) atoms. The van der Waals surface area contributed by atoms with Crippen LogP contribution in [-0.2, 0) is 4.79 Å². The Hall–Kier alpha value is -1.65. The molecule has 0 aromatic heterocycles. The summed E-state index contributed by atoms with van der Waals surface area (Å²) in [6, 6.07) is 1.91. The first-order valence-corrected chi connectivity index (χ1v) is 4.70. The summed E-state index contributed by atoms with van der Waals surface area (Å²) in [4.78, 5) is 10.5. The number of hydrogen-bond acceptors (Lipinski definition) is 2. The number of carboxylic acids is 1. The molecule has 0 spiro atoms. The van der Waals surface area contributed by atoms with Crippen molar-refractivity contribution < 1.29 is 23.4 Å². The van der Waals surface area contributed by atoms with Crippen LogP contribution in [0, 0.1) is 11.6 Å². The Morgan fingerprint density at radius 3 is 2.62 bits per heavy atom. The zero-order valence-corrected chi connectivity index (χ0v) is 8.96. The molecule has 0 saturated carbocycles. The van der Waals surface area contributed by atoms with Gasteiger partial charge in [-0.05, 0) is 17.5 Å². The van der Waals surface area contributed by atoms with Gasteiger partial charge in [-0.3, -0.25) is 4.79 Å². The molecule has 0 aliphatic heterocycles. The molecular formula is C11H12F2O3. The van der Waals surface area contributed by atoms with Gasteiger partial charge in [0.2, 0.25) is 0 Å². The van der Waals surface area contributed by atoms with E-state index in [0.29, 0.717) is 0 Å². The molecule has 5 heteroatoms. The average Bonchev–Trinajstić information content (AvgIpc) is 2.19.